The first-order chi connectivity index (χ1) is 7.65. The third-order valence-electron chi connectivity index (χ3n) is 2.18. The average molecular weight is 287 g/mol. The molecule has 4 heteroatoms. The lowest BCUT2D eigenvalue weighted by Crippen LogP contribution is -2.01. The number of carboxylic acid groups (broad SMARTS) is 1. The summed E-state index contributed by atoms with van der Waals surface area (Å²) in [6, 6.07) is 4.78. The minimum Gasteiger partial charge on any atom is -0.492 e. The standard InChI is InChI=1S/C12H15BrO3/c1-2-3-4-7-16-11-8-9(12(14)15)5-6-10(11)13/h5-6,8H,2-4,7H2,1H3,(H,14,15). The number of carbonyl (C=O) groups is 1. The summed E-state index contributed by atoms with van der Waals surface area (Å²) in [6.45, 7) is 2.75. The van der Waals surface area contributed by atoms with E-state index in [0.717, 1.165) is 23.7 Å². The van der Waals surface area contributed by atoms with Crippen LogP contribution >= 0.6 is 15.9 Å². The normalized spacial score (nSPS) is 10.1. The zero-order valence-electron chi connectivity index (χ0n) is 9.20. The summed E-state index contributed by atoms with van der Waals surface area (Å²) in [5.41, 5.74) is 0.244. The number of benzene rings is 1. The van der Waals surface area contributed by atoms with Crippen LogP contribution in [0.2, 0.25) is 0 Å². The molecule has 0 saturated heterocycles. The molecule has 0 aliphatic heterocycles. The maximum absolute atomic E-state index is 10.8. The van der Waals surface area contributed by atoms with Gasteiger partial charge in [-0.2, -0.15) is 0 Å². The molecule has 16 heavy (non-hydrogen) atoms. The van der Waals surface area contributed by atoms with Crippen molar-refractivity contribution in [1.82, 2.24) is 0 Å². The predicted octanol–water partition coefficient (Wildman–Crippen LogP) is 3.72. The van der Waals surface area contributed by atoms with E-state index in [4.69, 9.17) is 9.84 Å². The Hall–Kier alpha value is -1.03. The smallest absolute Gasteiger partial charge is 0.335 e. The van der Waals surface area contributed by atoms with Gasteiger partial charge in [-0.05, 0) is 40.5 Å². The SMILES string of the molecule is CCCCCOc1cc(C(=O)O)ccc1Br. The molecule has 0 aliphatic rings. The fourth-order valence-electron chi connectivity index (χ4n) is 1.28. The van der Waals surface area contributed by atoms with Gasteiger partial charge in [-0.3, -0.25) is 0 Å². The van der Waals surface area contributed by atoms with Crippen LogP contribution in [0.5, 0.6) is 5.75 Å². The molecule has 0 radical (unpaired) electrons. The third kappa shape index (κ3) is 3.85. The molecule has 0 spiro atoms. The Kier molecular flexibility index (Phi) is 5.32. The molecule has 1 N–H and O–H groups in total. The fraction of sp³-hybridized carbons (Fsp3) is 0.417. The van der Waals surface area contributed by atoms with Crippen molar-refractivity contribution < 1.29 is 14.6 Å². The van der Waals surface area contributed by atoms with E-state index in [-0.39, 0.29) is 5.56 Å². The molecular formula is C12H15BrO3. The van der Waals surface area contributed by atoms with E-state index in [1.54, 1.807) is 18.2 Å². The van der Waals surface area contributed by atoms with Crippen LogP contribution in [0.25, 0.3) is 0 Å². The predicted molar refractivity (Wildman–Crippen MR) is 66.1 cm³/mol. The number of hydrogen-bond acceptors (Lipinski definition) is 2. The van der Waals surface area contributed by atoms with Crippen molar-refractivity contribution in [2.45, 2.75) is 26.2 Å². The van der Waals surface area contributed by atoms with Crippen molar-refractivity contribution in [1.29, 1.82) is 0 Å². The zero-order valence-corrected chi connectivity index (χ0v) is 10.8. The summed E-state index contributed by atoms with van der Waals surface area (Å²) in [7, 11) is 0. The molecule has 0 aliphatic carbocycles. The third-order valence-corrected chi connectivity index (χ3v) is 2.84. The molecule has 0 bridgehead atoms. The van der Waals surface area contributed by atoms with E-state index in [9.17, 15) is 4.79 Å². The highest BCUT2D eigenvalue weighted by atomic mass is 79.9. The molecule has 1 aromatic carbocycles. The second-order valence-corrected chi connectivity index (χ2v) is 4.36. The van der Waals surface area contributed by atoms with Crippen LogP contribution in [0.1, 0.15) is 36.5 Å². The first kappa shape index (κ1) is 13.0. The quantitative estimate of drug-likeness (QED) is 0.811. The van der Waals surface area contributed by atoms with Gasteiger partial charge in [0.15, 0.2) is 0 Å². The maximum atomic E-state index is 10.8. The topological polar surface area (TPSA) is 46.5 Å². The van der Waals surface area contributed by atoms with E-state index in [2.05, 4.69) is 22.9 Å². The van der Waals surface area contributed by atoms with E-state index in [1.807, 2.05) is 0 Å². The minimum atomic E-state index is -0.939. The van der Waals surface area contributed by atoms with Gasteiger partial charge in [0.05, 0.1) is 16.6 Å². The van der Waals surface area contributed by atoms with Crippen molar-refractivity contribution in [2.75, 3.05) is 6.61 Å². The lowest BCUT2D eigenvalue weighted by Gasteiger charge is -2.08. The first-order valence-corrected chi connectivity index (χ1v) is 6.10. The van der Waals surface area contributed by atoms with Gasteiger partial charge >= 0.3 is 5.97 Å². The van der Waals surface area contributed by atoms with E-state index in [0.29, 0.717) is 12.4 Å². The number of halogens is 1. The van der Waals surface area contributed by atoms with Crippen molar-refractivity contribution in [2.24, 2.45) is 0 Å². The molecule has 88 valence electrons. The summed E-state index contributed by atoms with van der Waals surface area (Å²) >= 11 is 3.33. The van der Waals surface area contributed by atoms with E-state index in [1.165, 1.54) is 0 Å². The Morgan fingerprint density at radius 2 is 2.19 bits per heavy atom. The Balaban J connectivity index is 2.63. The second-order valence-electron chi connectivity index (χ2n) is 3.51. The van der Waals surface area contributed by atoms with Crippen molar-refractivity contribution in [3.63, 3.8) is 0 Å². The van der Waals surface area contributed by atoms with Gasteiger partial charge in [0.25, 0.3) is 0 Å². The maximum Gasteiger partial charge on any atom is 0.335 e. The first-order valence-electron chi connectivity index (χ1n) is 5.30. The lowest BCUT2D eigenvalue weighted by molar-refractivity contribution is 0.0696. The molecule has 0 unspecified atom stereocenters. The zero-order chi connectivity index (χ0) is 12.0. The molecule has 0 fully saturated rings. The summed E-state index contributed by atoms with van der Waals surface area (Å²) in [5.74, 6) is -0.345. The van der Waals surface area contributed by atoms with Crippen LogP contribution < -0.4 is 4.74 Å². The number of unbranched alkanes of at least 4 members (excludes halogenated alkanes) is 2. The van der Waals surface area contributed by atoms with Gasteiger partial charge in [0.1, 0.15) is 5.75 Å². The molecule has 0 aromatic heterocycles. The summed E-state index contributed by atoms with van der Waals surface area (Å²) < 4.78 is 6.31. The van der Waals surface area contributed by atoms with Crippen molar-refractivity contribution in [3.05, 3.63) is 28.2 Å². The molecule has 0 heterocycles. The van der Waals surface area contributed by atoms with E-state index >= 15 is 0 Å². The summed E-state index contributed by atoms with van der Waals surface area (Å²) in [4.78, 5) is 10.8. The number of ether oxygens (including phenoxy) is 1. The van der Waals surface area contributed by atoms with Gasteiger partial charge in [-0.1, -0.05) is 19.8 Å². The molecule has 3 nitrogen and oxygen atoms in total. The van der Waals surface area contributed by atoms with Crippen molar-refractivity contribution in [3.8, 4) is 5.75 Å². The molecule has 0 amide bonds. The van der Waals surface area contributed by atoms with Gasteiger partial charge < -0.3 is 9.84 Å². The lowest BCUT2D eigenvalue weighted by atomic mass is 10.2. The molecular weight excluding hydrogens is 272 g/mol. The van der Waals surface area contributed by atoms with Gasteiger partial charge in [-0.15, -0.1) is 0 Å². The number of hydrogen-bond donors (Lipinski definition) is 1. The molecule has 0 saturated carbocycles. The Bertz CT molecular complexity index is 363. The molecule has 1 aromatic rings. The second kappa shape index (κ2) is 6.53. The number of aromatic carboxylic acids is 1. The van der Waals surface area contributed by atoms with Crippen molar-refractivity contribution >= 4 is 21.9 Å². The van der Waals surface area contributed by atoms with Gasteiger partial charge in [0, 0.05) is 0 Å². The summed E-state index contributed by atoms with van der Waals surface area (Å²) in [5, 5.41) is 8.84. The largest absolute Gasteiger partial charge is 0.492 e. The fourth-order valence-corrected chi connectivity index (χ4v) is 1.64. The van der Waals surface area contributed by atoms with Crippen LogP contribution in [0.15, 0.2) is 22.7 Å². The van der Waals surface area contributed by atoms with Crippen LogP contribution in [-0.4, -0.2) is 17.7 Å². The minimum absolute atomic E-state index is 0.244. The Morgan fingerprint density at radius 3 is 2.81 bits per heavy atom. The van der Waals surface area contributed by atoms with Gasteiger partial charge in [-0.25, -0.2) is 4.79 Å². The monoisotopic (exact) mass is 286 g/mol. The van der Waals surface area contributed by atoms with Gasteiger partial charge in [0.2, 0.25) is 0 Å². The number of rotatable bonds is 6. The van der Waals surface area contributed by atoms with Crippen LogP contribution in [-0.2, 0) is 0 Å². The average Bonchev–Trinajstić information content (AvgIpc) is 2.26. The van der Waals surface area contributed by atoms with Crippen LogP contribution in [0, 0.1) is 0 Å². The number of carboxylic acids is 1. The highest BCUT2D eigenvalue weighted by Crippen LogP contribution is 2.26. The molecule has 1 rings (SSSR count). The van der Waals surface area contributed by atoms with Crippen LogP contribution in [0.3, 0.4) is 0 Å². The Morgan fingerprint density at radius 1 is 1.44 bits per heavy atom. The highest BCUT2D eigenvalue weighted by molar-refractivity contribution is 9.10. The summed E-state index contributed by atoms with van der Waals surface area (Å²) in [6.07, 6.45) is 3.25. The molecule has 0 atom stereocenters. The Labute approximate surface area is 104 Å². The van der Waals surface area contributed by atoms with Crippen LogP contribution in [0.4, 0.5) is 0 Å². The van der Waals surface area contributed by atoms with E-state index < -0.39 is 5.97 Å². The highest BCUT2D eigenvalue weighted by Gasteiger charge is 2.07.